The topological polar surface area (TPSA) is 67.8 Å². The maximum atomic E-state index is 13.8. The fourth-order valence-electron chi connectivity index (χ4n) is 1.53. The molecule has 2 aromatic carbocycles. The van der Waals surface area contributed by atoms with Crippen LogP contribution in [0.2, 0.25) is 0 Å². The fraction of sp³-hybridized carbons (Fsp3) is 0. The van der Waals surface area contributed by atoms with Gasteiger partial charge in [-0.1, -0.05) is 18.2 Å². The molecule has 122 valence electrons. The minimum Gasteiger partial charge on any atom is -0.691 e. The molecule has 10 heteroatoms. The zero-order valence-corrected chi connectivity index (χ0v) is 11.7. The molecule has 0 bridgehead atoms. The minimum atomic E-state index is -1.97. The molecule has 0 spiro atoms. The predicted molar refractivity (Wildman–Crippen MR) is 65.7 cm³/mol. The molecule has 0 aliphatic carbocycles. The van der Waals surface area contributed by atoms with Crippen LogP contribution in [0, 0.1) is 23.3 Å². The molecule has 2 aromatic rings. The molecule has 0 aliphatic heterocycles. The van der Waals surface area contributed by atoms with Gasteiger partial charge in [0.05, 0.1) is 17.6 Å². The SMILES string of the molecule is O=C(Oc1c(F)c(F)c(SOO[O-])c(F)c1F)c1ccccc1. The van der Waals surface area contributed by atoms with Gasteiger partial charge in [0, 0.05) is 0 Å². The van der Waals surface area contributed by atoms with Gasteiger partial charge in [-0.2, -0.15) is 13.1 Å². The van der Waals surface area contributed by atoms with Gasteiger partial charge in [-0.25, -0.2) is 13.6 Å². The number of hydrogen-bond donors (Lipinski definition) is 0. The summed E-state index contributed by atoms with van der Waals surface area (Å²) in [6.07, 6.45) is 0. The van der Waals surface area contributed by atoms with Crippen molar-refractivity contribution < 1.29 is 41.7 Å². The summed E-state index contributed by atoms with van der Waals surface area (Å²) in [5.74, 6) is -10.5. The van der Waals surface area contributed by atoms with Gasteiger partial charge in [-0.3, -0.25) is 5.04 Å². The molecule has 0 aromatic heterocycles. The van der Waals surface area contributed by atoms with Crippen LogP contribution in [0.3, 0.4) is 0 Å². The summed E-state index contributed by atoms with van der Waals surface area (Å²) in [6.45, 7) is 0. The lowest BCUT2D eigenvalue weighted by molar-refractivity contribution is -0.777. The van der Waals surface area contributed by atoms with Crippen molar-refractivity contribution in [3.63, 3.8) is 0 Å². The third-order valence-corrected chi connectivity index (χ3v) is 3.18. The smallest absolute Gasteiger partial charge is 0.343 e. The Labute approximate surface area is 130 Å². The highest BCUT2D eigenvalue weighted by molar-refractivity contribution is 7.94. The standard InChI is InChI=1S/C13H6F4O5S/c14-7-9(16)12(23-22-21-19)10(17)8(15)11(7)20-13(18)6-4-2-1-3-5-6/h1-5,19H/p-1. The van der Waals surface area contributed by atoms with Crippen LogP contribution in [-0.4, -0.2) is 5.97 Å². The largest absolute Gasteiger partial charge is 0.691 e. The molecule has 0 aliphatic rings. The summed E-state index contributed by atoms with van der Waals surface area (Å²) < 4.78 is 62.8. The van der Waals surface area contributed by atoms with Crippen molar-refractivity contribution in [2.45, 2.75) is 4.90 Å². The predicted octanol–water partition coefficient (Wildman–Crippen LogP) is 2.69. The lowest BCUT2D eigenvalue weighted by atomic mass is 10.2. The first-order valence-corrected chi connectivity index (χ1v) is 6.47. The molecule has 0 fully saturated rings. The average Bonchev–Trinajstić information content (AvgIpc) is 2.57. The van der Waals surface area contributed by atoms with Crippen LogP contribution < -0.4 is 9.99 Å². The molecular weight excluding hydrogens is 344 g/mol. The first-order valence-electron chi connectivity index (χ1n) is 5.73. The van der Waals surface area contributed by atoms with E-state index in [2.05, 4.69) is 14.1 Å². The number of halogens is 4. The van der Waals surface area contributed by atoms with Crippen molar-refractivity contribution in [3.05, 3.63) is 59.2 Å². The molecule has 0 radical (unpaired) electrons. The van der Waals surface area contributed by atoms with E-state index in [1.165, 1.54) is 24.3 Å². The Bertz CT molecular complexity index is 697. The summed E-state index contributed by atoms with van der Waals surface area (Å²) in [5.41, 5.74) is -0.0892. The molecule has 0 N–H and O–H groups in total. The highest BCUT2D eigenvalue weighted by Gasteiger charge is 2.29. The van der Waals surface area contributed by atoms with Crippen LogP contribution >= 0.6 is 12.0 Å². The summed E-state index contributed by atoms with van der Waals surface area (Å²) >= 11 is -0.379. The van der Waals surface area contributed by atoms with E-state index in [1.807, 2.05) is 0 Å². The number of carbonyl (C=O) groups is 1. The van der Waals surface area contributed by atoms with Crippen LogP contribution in [0.15, 0.2) is 35.2 Å². The van der Waals surface area contributed by atoms with Gasteiger partial charge in [-0.15, -0.1) is 0 Å². The van der Waals surface area contributed by atoms with E-state index in [0.717, 1.165) is 0 Å². The molecule has 0 heterocycles. The second-order valence-electron chi connectivity index (χ2n) is 3.89. The zero-order chi connectivity index (χ0) is 17.0. The van der Waals surface area contributed by atoms with Crippen molar-refractivity contribution in [3.8, 4) is 5.75 Å². The van der Waals surface area contributed by atoms with Crippen LogP contribution in [0.4, 0.5) is 17.6 Å². The number of esters is 1. The highest BCUT2D eigenvalue weighted by atomic mass is 32.2. The third kappa shape index (κ3) is 3.62. The second kappa shape index (κ2) is 7.42. The van der Waals surface area contributed by atoms with E-state index >= 15 is 0 Å². The second-order valence-corrected chi connectivity index (χ2v) is 4.60. The Kier molecular flexibility index (Phi) is 5.55. The maximum Gasteiger partial charge on any atom is 0.343 e. The summed E-state index contributed by atoms with van der Waals surface area (Å²) in [4.78, 5) is 10.4. The third-order valence-electron chi connectivity index (χ3n) is 2.53. The van der Waals surface area contributed by atoms with Gasteiger partial charge >= 0.3 is 5.97 Å². The van der Waals surface area contributed by atoms with Gasteiger partial charge in [0.2, 0.25) is 17.4 Å². The first kappa shape index (κ1) is 17.2. The van der Waals surface area contributed by atoms with E-state index in [1.54, 1.807) is 6.07 Å². The van der Waals surface area contributed by atoms with Crippen LogP contribution in [0.25, 0.3) is 0 Å². The molecule has 23 heavy (non-hydrogen) atoms. The molecule has 2 rings (SSSR count). The Morgan fingerprint density at radius 3 is 2.04 bits per heavy atom. The number of ether oxygens (including phenoxy) is 1. The van der Waals surface area contributed by atoms with Crippen molar-refractivity contribution >= 4 is 18.0 Å². The summed E-state index contributed by atoms with van der Waals surface area (Å²) in [7, 11) is 0. The molecular formula is C13H5F4O5S-. The lowest BCUT2D eigenvalue weighted by Gasteiger charge is -2.11. The van der Waals surface area contributed by atoms with Crippen molar-refractivity contribution in [1.82, 2.24) is 0 Å². The van der Waals surface area contributed by atoms with Gasteiger partial charge in [0.25, 0.3) is 0 Å². The molecule has 5 nitrogen and oxygen atoms in total. The van der Waals surface area contributed by atoms with Crippen molar-refractivity contribution in [1.29, 1.82) is 0 Å². The lowest BCUT2D eigenvalue weighted by Crippen LogP contribution is -2.13. The van der Waals surface area contributed by atoms with Gasteiger partial charge in [0.1, 0.15) is 4.90 Å². The van der Waals surface area contributed by atoms with E-state index in [9.17, 15) is 27.6 Å². The molecule has 0 unspecified atom stereocenters. The van der Waals surface area contributed by atoms with E-state index in [0.29, 0.717) is 0 Å². The van der Waals surface area contributed by atoms with Crippen LogP contribution in [0.1, 0.15) is 10.4 Å². The molecule has 0 saturated heterocycles. The highest BCUT2D eigenvalue weighted by Crippen LogP contribution is 2.35. The average molecular weight is 349 g/mol. The Hall–Kier alpha value is -2.14. The normalized spacial score (nSPS) is 10.7. The fourth-order valence-corrected chi connectivity index (χ4v) is 1.95. The van der Waals surface area contributed by atoms with Crippen LogP contribution in [0.5, 0.6) is 5.75 Å². The Morgan fingerprint density at radius 2 is 1.52 bits per heavy atom. The van der Waals surface area contributed by atoms with Crippen molar-refractivity contribution in [2.75, 3.05) is 0 Å². The van der Waals surface area contributed by atoms with Gasteiger partial charge in [0.15, 0.2) is 11.6 Å². The van der Waals surface area contributed by atoms with E-state index in [-0.39, 0.29) is 17.6 Å². The molecule has 0 amide bonds. The molecule has 0 saturated carbocycles. The summed E-state index contributed by atoms with van der Waals surface area (Å²) in [5, 5.41) is 12.5. The van der Waals surface area contributed by atoms with Gasteiger partial charge in [-0.05, 0) is 12.1 Å². The number of benzene rings is 2. The number of carbonyl (C=O) groups excluding carboxylic acids is 1. The Balaban J connectivity index is 2.38. The van der Waals surface area contributed by atoms with Gasteiger partial charge < -0.3 is 9.99 Å². The van der Waals surface area contributed by atoms with E-state index in [4.69, 9.17) is 0 Å². The Morgan fingerprint density at radius 1 is 0.957 bits per heavy atom. The van der Waals surface area contributed by atoms with Crippen LogP contribution in [-0.2, 0) is 9.37 Å². The van der Waals surface area contributed by atoms with E-state index < -0.39 is 39.9 Å². The summed E-state index contributed by atoms with van der Waals surface area (Å²) in [6, 6.07) is 7.01. The number of hydrogen-bond acceptors (Lipinski definition) is 6. The number of rotatable bonds is 5. The minimum absolute atomic E-state index is 0.0892. The van der Waals surface area contributed by atoms with Crippen molar-refractivity contribution in [2.24, 2.45) is 0 Å². The monoisotopic (exact) mass is 349 g/mol. The quantitative estimate of drug-likeness (QED) is 0.157. The zero-order valence-electron chi connectivity index (χ0n) is 10.8. The molecule has 0 atom stereocenters. The maximum absolute atomic E-state index is 13.8. The first-order chi connectivity index (χ1) is 11.0.